The summed E-state index contributed by atoms with van der Waals surface area (Å²) in [4.78, 5) is 7.56. The largest absolute Gasteiger partial charge is 0.481 e. The Labute approximate surface area is 69.6 Å². The SMILES string of the molecule is COc1cc(C#N)nc(OC)n1. The van der Waals surface area contributed by atoms with E-state index in [1.54, 1.807) is 0 Å². The summed E-state index contributed by atoms with van der Waals surface area (Å²) in [6.45, 7) is 0. The molecule has 0 aliphatic carbocycles. The molecule has 5 nitrogen and oxygen atoms in total. The Bertz CT molecular complexity index is 297. The highest BCUT2D eigenvalue weighted by atomic mass is 16.5. The van der Waals surface area contributed by atoms with Crippen LogP contribution in [0.5, 0.6) is 11.9 Å². The van der Waals surface area contributed by atoms with Crippen LogP contribution in [0, 0.1) is 11.3 Å². The van der Waals surface area contributed by atoms with Gasteiger partial charge in [0.2, 0.25) is 5.88 Å². The van der Waals surface area contributed by atoms with E-state index >= 15 is 0 Å². The number of aromatic nitrogens is 2. The van der Waals surface area contributed by atoms with Crippen LogP contribution >= 0.6 is 0 Å². The van der Waals surface area contributed by atoms with E-state index in [4.69, 9.17) is 14.7 Å². The molecule has 0 unspecified atom stereocenters. The normalized spacial score (nSPS) is 8.75. The summed E-state index contributed by atoms with van der Waals surface area (Å²) < 4.78 is 9.56. The molecule has 0 fully saturated rings. The zero-order chi connectivity index (χ0) is 8.97. The molecule has 5 heteroatoms. The Morgan fingerprint density at radius 2 is 2.08 bits per heavy atom. The van der Waals surface area contributed by atoms with Gasteiger partial charge in [-0.05, 0) is 0 Å². The van der Waals surface area contributed by atoms with Crippen LogP contribution in [0.4, 0.5) is 0 Å². The lowest BCUT2D eigenvalue weighted by Gasteiger charge is -2.00. The van der Waals surface area contributed by atoms with Crippen LogP contribution in [0.15, 0.2) is 6.07 Å². The van der Waals surface area contributed by atoms with Crippen LogP contribution in [-0.2, 0) is 0 Å². The topological polar surface area (TPSA) is 68.0 Å². The van der Waals surface area contributed by atoms with Crippen molar-refractivity contribution in [3.8, 4) is 18.0 Å². The van der Waals surface area contributed by atoms with E-state index in [1.807, 2.05) is 6.07 Å². The van der Waals surface area contributed by atoms with Gasteiger partial charge in [-0.3, -0.25) is 0 Å². The smallest absolute Gasteiger partial charge is 0.320 e. The van der Waals surface area contributed by atoms with Crippen LogP contribution in [0.25, 0.3) is 0 Å². The molecular weight excluding hydrogens is 158 g/mol. The van der Waals surface area contributed by atoms with Crippen LogP contribution in [0.1, 0.15) is 5.69 Å². The van der Waals surface area contributed by atoms with Crippen molar-refractivity contribution in [2.75, 3.05) is 14.2 Å². The lowest BCUT2D eigenvalue weighted by atomic mass is 10.4. The summed E-state index contributed by atoms with van der Waals surface area (Å²) in [5.74, 6) is 0.318. The van der Waals surface area contributed by atoms with Crippen molar-refractivity contribution < 1.29 is 9.47 Å². The summed E-state index contributed by atoms with van der Waals surface area (Å²) in [6.07, 6.45) is 0. The highest BCUT2D eigenvalue weighted by molar-refractivity contribution is 5.27. The van der Waals surface area contributed by atoms with E-state index in [9.17, 15) is 0 Å². The Balaban J connectivity index is 3.12. The van der Waals surface area contributed by atoms with E-state index in [-0.39, 0.29) is 11.7 Å². The van der Waals surface area contributed by atoms with E-state index in [0.717, 1.165) is 0 Å². The van der Waals surface area contributed by atoms with Crippen LogP contribution in [0.3, 0.4) is 0 Å². The van der Waals surface area contributed by atoms with Gasteiger partial charge in [-0.2, -0.15) is 15.2 Å². The van der Waals surface area contributed by atoms with Crippen molar-refractivity contribution in [2.45, 2.75) is 0 Å². The molecule has 0 saturated carbocycles. The third-order valence-corrected chi connectivity index (χ3v) is 1.19. The monoisotopic (exact) mass is 165 g/mol. The third-order valence-electron chi connectivity index (χ3n) is 1.19. The number of hydrogen-bond donors (Lipinski definition) is 0. The fourth-order valence-corrected chi connectivity index (χ4v) is 0.657. The predicted molar refractivity (Wildman–Crippen MR) is 39.9 cm³/mol. The predicted octanol–water partition coefficient (Wildman–Crippen LogP) is 0.365. The van der Waals surface area contributed by atoms with Gasteiger partial charge in [0.05, 0.1) is 14.2 Å². The number of nitrogens with zero attached hydrogens (tertiary/aromatic N) is 3. The molecule has 0 aliphatic rings. The molecule has 1 aromatic rings. The Kier molecular flexibility index (Phi) is 2.43. The number of ether oxygens (including phenoxy) is 2. The van der Waals surface area contributed by atoms with Crippen molar-refractivity contribution in [2.24, 2.45) is 0 Å². The Morgan fingerprint density at radius 1 is 1.33 bits per heavy atom. The first-order valence-corrected chi connectivity index (χ1v) is 3.17. The Morgan fingerprint density at radius 3 is 2.58 bits per heavy atom. The summed E-state index contributed by atoms with van der Waals surface area (Å²) >= 11 is 0. The lowest BCUT2D eigenvalue weighted by Crippen LogP contribution is -1.97. The molecule has 1 rings (SSSR count). The molecule has 12 heavy (non-hydrogen) atoms. The lowest BCUT2D eigenvalue weighted by molar-refractivity contribution is 0.351. The van der Waals surface area contributed by atoms with Crippen LogP contribution < -0.4 is 9.47 Å². The number of hydrogen-bond acceptors (Lipinski definition) is 5. The molecule has 0 aliphatic heterocycles. The minimum absolute atomic E-state index is 0.130. The minimum atomic E-state index is 0.130. The van der Waals surface area contributed by atoms with E-state index in [0.29, 0.717) is 5.88 Å². The van der Waals surface area contributed by atoms with Crippen molar-refractivity contribution in [3.05, 3.63) is 11.8 Å². The fourth-order valence-electron chi connectivity index (χ4n) is 0.657. The maximum atomic E-state index is 8.53. The average molecular weight is 165 g/mol. The van der Waals surface area contributed by atoms with Gasteiger partial charge in [0.25, 0.3) is 0 Å². The molecule has 0 saturated heterocycles. The van der Waals surface area contributed by atoms with Gasteiger partial charge in [0, 0.05) is 6.07 Å². The number of rotatable bonds is 2. The molecular formula is C7H7N3O2. The maximum Gasteiger partial charge on any atom is 0.320 e. The van der Waals surface area contributed by atoms with Crippen molar-refractivity contribution in [1.82, 2.24) is 9.97 Å². The first-order valence-electron chi connectivity index (χ1n) is 3.17. The average Bonchev–Trinajstić information content (AvgIpc) is 2.16. The maximum absolute atomic E-state index is 8.53. The van der Waals surface area contributed by atoms with Gasteiger partial charge in [0.15, 0.2) is 5.69 Å². The minimum Gasteiger partial charge on any atom is -0.481 e. The second kappa shape index (κ2) is 3.53. The number of nitriles is 1. The van der Waals surface area contributed by atoms with Crippen molar-refractivity contribution in [3.63, 3.8) is 0 Å². The molecule has 0 bridgehead atoms. The molecule has 0 aromatic carbocycles. The molecule has 0 amide bonds. The van der Waals surface area contributed by atoms with Crippen molar-refractivity contribution in [1.29, 1.82) is 5.26 Å². The molecule has 0 radical (unpaired) electrons. The van der Waals surface area contributed by atoms with E-state index in [1.165, 1.54) is 20.3 Å². The van der Waals surface area contributed by atoms with E-state index in [2.05, 4.69) is 9.97 Å². The first-order chi connectivity index (χ1) is 5.80. The summed E-state index contributed by atoms with van der Waals surface area (Å²) in [6, 6.07) is 3.43. The van der Waals surface area contributed by atoms with Gasteiger partial charge in [-0.15, -0.1) is 0 Å². The second-order valence-corrected chi connectivity index (χ2v) is 1.89. The summed E-state index contributed by atoms with van der Waals surface area (Å²) in [5, 5.41) is 8.53. The first kappa shape index (κ1) is 8.27. The molecule has 1 heterocycles. The quantitative estimate of drug-likeness (QED) is 0.633. The van der Waals surface area contributed by atoms with Gasteiger partial charge < -0.3 is 9.47 Å². The highest BCUT2D eigenvalue weighted by Crippen LogP contribution is 2.11. The number of methoxy groups -OCH3 is 2. The Hall–Kier alpha value is -1.83. The highest BCUT2D eigenvalue weighted by Gasteiger charge is 2.03. The summed E-state index contributed by atoms with van der Waals surface area (Å²) in [5.41, 5.74) is 0.221. The summed E-state index contributed by atoms with van der Waals surface area (Å²) in [7, 11) is 2.89. The molecule has 0 spiro atoms. The van der Waals surface area contributed by atoms with Gasteiger partial charge in [-0.25, -0.2) is 0 Å². The van der Waals surface area contributed by atoms with Gasteiger partial charge >= 0.3 is 6.01 Å². The van der Waals surface area contributed by atoms with Gasteiger partial charge in [-0.1, -0.05) is 0 Å². The third kappa shape index (κ3) is 1.61. The van der Waals surface area contributed by atoms with Crippen LogP contribution in [0.2, 0.25) is 0 Å². The van der Waals surface area contributed by atoms with Crippen molar-refractivity contribution >= 4 is 0 Å². The second-order valence-electron chi connectivity index (χ2n) is 1.89. The molecule has 1 aromatic heterocycles. The van der Waals surface area contributed by atoms with Crippen LogP contribution in [-0.4, -0.2) is 24.2 Å². The molecule has 0 N–H and O–H groups in total. The molecule has 62 valence electrons. The van der Waals surface area contributed by atoms with Gasteiger partial charge in [0.1, 0.15) is 6.07 Å². The standard InChI is InChI=1S/C7H7N3O2/c1-11-6-3-5(4-8)9-7(10-6)12-2/h3H,1-2H3. The zero-order valence-electron chi connectivity index (χ0n) is 6.74. The molecule has 0 atom stereocenters. The zero-order valence-corrected chi connectivity index (χ0v) is 6.74. The fraction of sp³-hybridized carbons (Fsp3) is 0.286. The van der Waals surface area contributed by atoms with E-state index < -0.39 is 0 Å².